The average molecular weight is 311 g/mol. The van der Waals surface area contributed by atoms with Crippen molar-refractivity contribution in [2.75, 3.05) is 13.7 Å². The summed E-state index contributed by atoms with van der Waals surface area (Å²) in [5.74, 6) is -1.17. The number of nitrogens with zero attached hydrogens (tertiary/aromatic N) is 1. The summed E-state index contributed by atoms with van der Waals surface area (Å²) in [6.45, 7) is 4.04. The Kier molecular flexibility index (Phi) is 4.73. The predicted octanol–water partition coefficient (Wildman–Crippen LogP) is 1.92. The topological polar surface area (TPSA) is 63.7 Å². The highest BCUT2D eigenvalue weighted by molar-refractivity contribution is 6.35. The van der Waals surface area contributed by atoms with Gasteiger partial charge in [-0.05, 0) is 29.4 Å². The number of carbonyl (C=O) groups excluding carboxylic acids is 3. The first-order chi connectivity index (χ1) is 10.8. The Bertz CT molecular complexity index is 659. The molecule has 0 unspecified atom stereocenters. The van der Waals surface area contributed by atoms with Crippen LogP contribution in [0.25, 0.3) is 0 Å². The monoisotopic (exact) mass is 311 g/mol. The second-order valence-electron chi connectivity index (χ2n) is 6.26. The van der Waals surface area contributed by atoms with Crippen LogP contribution in [0.5, 0.6) is 0 Å². The molecular formula is C17H18BNO4. The molecule has 2 rings (SSSR count). The zero-order valence-corrected chi connectivity index (χ0v) is 13.5. The van der Waals surface area contributed by atoms with Crippen LogP contribution in [-0.2, 0) is 9.53 Å². The summed E-state index contributed by atoms with van der Waals surface area (Å²) >= 11 is 0. The number of fused-ring (bicyclic) bond motifs is 1. The van der Waals surface area contributed by atoms with E-state index in [0.29, 0.717) is 17.5 Å². The molecule has 2 radical (unpaired) electrons. The normalized spacial score (nSPS) is 14.9. The average Bonchev–Trinajstić information content (AvgIpc) is 2.77. The van der Waals surface area contributed by atoms with Crippen LogP contribution in [-0.4, -0.2) is 44.2 Å². The molecule has 0 N–H and O–H groups in total. The van der Waals surface area contributed by atoms with Crippen LogP contribution in [0.4, 0.5) is 0 Å². The molecule has 0 spiro atoms. The van der Waals surface area contributed by atoms with Crippen LogP contribution < -0.4 is 0 Å². The number of methoxy groups -OCH3 is 1. The lowest BCUT2D eigenvalue weighted by molar-refractivity contribution is -0.135. The quantitative estimate of drug-likeness (QED) is 0.361. The molecule has 6 heteroatoms. The number of benzene rings is 1. The first-order valence-electron chi connectivity index (χ1n) is 7.26. The van der Waals surface area contributed by atoms with Gasteiger partial charge in [-0.2, -0.15) is 0 Å². The molecule has 2 amide bonds. The van der Waals surface area contributed by atoms with Gasteiger partial charge >= 0.3 is 5.97 Å². The molecule has 0 aliphatic carbocycles. The molecule has 23 heavy (non-hydrogen) atoms. The summed E-state index contributed by atoms with van der Waals surface area (Å²) in [5, 5.41) is 0. The van der Waals surface area contributed by atoms with Gasteiger partial charge in [0, 0.05) is 6.54 Å². The van der Waals surface area contributed by atoms with Crippen molar-refractivity contribution in [2.24, 2.45) is 5.41 Å². The van der Waals surface area contributed by atoms with Crippen LogP contribution in [0.2, 0.25) is 0 Å². The fourth-order valence-electron chi connectivity index (χ4n) is 2.46. The molecule has 1 heterocycles. The second-order valence-corrected chi connectivity index (χ2v) is 6.26. The summed E-state index contributed by atoms with van der Waals surface area (Å²) in [6.07, 6.45) is 1.99. The van der Waals surface area contributed by atoms with Crippen molar-refractivity contribution in [2.45, 2.75) is 20.3 Å². The minimum absolute atomic E-state index is 0.0166. The highest BCUT2D eigenvalue weighted by Gasteiger charge is 2.37. The lowest BCUT2D eigenvalue weighted by Crippen LogP contribution is -2.38. The Labute approximate surface area is 136 Å². The van der Waals surface area contributed by atoms with Gasteiger partial charge in [-0.15, -0.1) is 0 Å². The Morgan fingerprint density at radius 1 is 1.22 bits per heavy atom. The second kappa shape index (κ2) is 6.40. The van der Waals surface area contributed by atoms with Crippen LogP contribution in [0, 0.1) is 5.41 Å². The third kappa shape index (κ3) is 3.52. The Morgan fingerprint density at radius 3 is 2.22 bits per heavy atom. The van der Waals surface area contributed by atoms with Crippen molar-refractivity contribution in [3.05, 3.63) is 46.9 Å². The molecule has 0 fully saturated rings. The van der Waals surface area contributed by atoms with Gasteiger partial charge in [-0.25, -0.2) is 4.79 Å². The fraction of sp³-hybridized carbons (Fsp3) is 0.353. The van der Waals surface area contributed by atoms with Crippen molar-refractivity contribution in [3.63, 3.8) is 0 Å². The van der Waals surface area contributed by atoms with Crippen molar-refractivity contribution < 1.29 is 19.1 Å². The SMILES string of the molecule is [B]/C(=C/CC(C)(C)CN1C(=O)c2ccccc2C1=O)C(=O)OC. The largest absolute Gasteiger partial charge is 0.466 e. The molecule has 1 aliphatic rings. The van der Waals surface area contributed by atoms with Gasteiger partial charge in [0.15, 0.2) is 0 Å². The fourth-order valence-corrected chi connectivity index (χ4v) is 2.46. The lowest BCUT2D eigenvalue weighted by atomic mass is 9.84. The third-order valence-electron chi connectivity index (χ3n) is 3.76. The number of imide groups is 1. The molecule has 0 bridgehead atoms. The summed E-state index contributed by atoms with van der Waals surface area (Å²) in [4.78, 5) is 37.3. The van der Waals surface area contributed by atoms with E-state index < -0.39 is 11.4 Å². The van der Waals surface area contributed by atoms with Gasteiger partial charge in [0.2, 0.25) is 0 Å². The van der Waals surface area contributed by atoms with Gasteiger partial charge in [0.1, 0.15) is 7.85 Å². The smallest absolute Gasteiger partial charge is 0.322 e. The van der Waals surface area contributed by atoms with Crippen LogP contribution >= 0.6 is 0 Å². The molecule has 0 atom stereocenters. The molecule has 0 aromatic heterocycles. The van der Waals surface area contributed by atoms with E-state index in [1.54, 1.807) is 30.3 Å². The maximum absolute atomic E-state index is 12.4. The van der Waals surface area contributed by atoms with E-state index in [9.17, 15) is 14.4 Å². The van der Waals surface area contributed by atoms with E-state index in [4.69, 9.17) is 7.85 Å². The van der Waals surface area contributed by atoms with Gasteiger partial charge in [-0.3, -0.25) is 14.5 Å². The molecule has 5 nitrogen and oxygen atoms in total. The maximum Gasteiger partial charge on any atom is 0.322 e. The van der Waals surface area contributed by atoms with E-state index >= 15 is 0 Å². The number of esters is 1. The van der Waals surface area contributed by atoms with E-state index in [0.717, 1.165) is 0 Å². The molecular weight excluding hydrogens is 293 g/mol. The van der Waals surface area contributed by atoms with Crippen molar-refractivity contribution in [3.8, 4) is 0 Å². The van der Waals surface area contributed by atoms with Crippen molar-refractivity contribution >= 4 is 25.6 Å². The molecule has 0 saturated carbocycles. The zero-order chi connectivity index (χ0) is 17.2. The van der Waals surface area contributed by atoms with E-state index in [1.807, 2.05) is 13.8 Å². The molecule has 0 saturated heterocycles. The minimum Gasteiger partial charge on any atom is -0.466 e. The van der Waals surface area contributed by atoms with Crippen LogP contribution in [0.15, 0.2) is 35.8 Å². The number of hydrogen-bond donors (Lipinski definition) is 0. The van der Waals surface area contributed by atoms with Crippen LogP contribution in [0.1, 0.15) is 41.0 Å². The number of allylic oxidation sites excluding steroid dienone is 1. The van der Waals surface area contributed by atoms with Gasteiger partial charge in [0.05, 0.1) is 18.2 Å². The molecule has 118 valence electrons. The molecule has 1 aromatic rings. The van der Waals surface area contributed by atoms with Gasteiger partial charge in [0.25, 0.3) is 11.8 Å². The number of amides is 2. The summed E-state index contributed by atoms with van der Waals surface area (Å²) in [6, 6.07) is 6.77. The lowest BCUT2D eigenvalue weighted by Gasteiger charge is -2.28. The van der Waals surface area contributed by atoms with Crippen molar-refractivity contribution in [1.29, 1.82) is 0 Å². The number of carbonyl (C=O) groups is 3. The van der Waals surface area contributed by atoms with E-state index in [-0.39, 0.29) is 23.8 Å². The molecule has 1 aliphatic heterocycles. The third-order valence-corrected chi connectivity index (χ3v) is 3.76. The number of hydrogen-bond acceptors (Lipinski definition) is 4. The first-order valence-corrected chi connectivity index (χ1v) is 7.26. The summed E-state index contributed by atoms with van der Waals surface area (Å²) < 4.78 is 4.54. The zero-order valence-electron chi connectivity index (χ0n) is 13.5. The maximum atomic E-state index is 12.4. The first kappa shape index (κ1) is 17.0. The minimum atomic E-state index is -0.596. The van der Waals surface area contributed by atoms with E-state index in [2.05, 4.69) is 4.74 Å². The predicted molar refractivity (Wildman–Crippen MR) is 86.1 cm³/mol. The van der Waals surface area contributed by atoms with Gasteiger partial charge < -0.3 is 4.74 Å². The Balaban J connectivity index is 2.11. The Hall–Kier alpha value is -2.37. The highest BCUT2D eigenvalue weighted by Crippen LogP contribution is 2.29. The number of rotatable bonds is 5. The summed E-state index contributed by atoms with van der Waals surface area (Å²) in [5.41, 5.74) is 0.449. The molecule has 1 aromatic carbocycles. The highest BCUT2D eigenvalue weighted by atomic mass is 16.5. The Morgan fingerprint density at radius 2 is 1.74 bits per heavy atom. The van der Waals surface area contributed by atoms with Gasteiger partial charge in [-0.1, -0.05) is 32.1 Å². The number of ether oxygens (including phenoxy) is 1. The van der Waals surface area contributed by atoms with Crippen molar-refractivity contribution in [1.82, 2.24) is 4.90 Å². The van der Waals surface area contributed by atoms with Crippen LogP contribution in [0.3, 0.4) is 0 Å². The standard InChI is InChI=1S/C17H18BNO4/c1-17(2,9-8-13(18)16(22)23-3)10-19-14(20)11-6-4-5-7-12(11)15(19)21/h4-8H,9-10H2,1-3H3/b13-8+. The summed E-state index contributed by atoms with van der Waals surface area (Å²) in [7, 11) is 6.86. The van der Waals surface area contributed by atoms with E-state index in [1.165, 1.54) is 12.0 Å².